The number of ether oxygens (including phenoxy) is 2. The van der Waals surface area contributed by atoms with Gasteiger partial charge in [0.2, 0.25) is 0 Å². The van der Waals surface area contributed by atoms with Crippen LogP contribution in [0.3, 0.4) is 0 Å². The average Bonchev–Trinajstić information content (AvgIpc) is 3.13. The van der Waals surface area contributed by atoms with Gasteiger partial charge in [-0.15, -0.1) is 0 Å². The zero-order valence-electron chi connectivity index (χ0n) is 11.3. The molecule has 0 radical (unpaired) electrons. The lowest BCUT2D eigenvalue weighted by Crippen LogP contribution is -2.38. The van der Waals surface area contributed by atoms with Gasteiger partial charge in [0.15, 0.2) is 0 Å². The van der Waals surface area contributed by atoms with Crippen LogP contribution in [0, 0.1) is 5.92 Å². The molecule has 0 amide bonds. The summed E-state index contributed by atoms with van der Waals surface area (Å²) in [4.78, 5) is 0. The molecule has 1 aromatic rings. The van der Waals surface area contributed by atoms with Crippen LogP contribution in [-0.4, -0.2) is 18.8 Å². The quantitative estimate of drug-likeness (QED) is 0.630. The highest BCUT2D eigenvalue weighted by atomic mass is 16.5. The summed E-state index contributed by atoms with van der Waals surface area (Å²) >= 11 is 0. The average molecular weight is 262 g/mol. The van der Waals surface area contributed by atoms with E-state index in [1.807, 2.05) is 12.1 Å². The summed E-state index contributed by atoms with van der Waals surface area (Å²) in [5, 5.41) is 0. The number of hydrogen-bond donors (Lipinski definition) is 2. The van der Waals surface area contributed by atoms with E-state index in [4.69, 9.17) is 15.3 Å². The van der Waals surface area contributed by atoms with Gasteiger partial charge >= 0.3 is 0 Å². The first-order chi connectivity index (χ1) is 9.28. The Morgan fingerprint density at radius 3 is 2.84 bits per heavy atom. The summed E-state index contributed by atoms with van der Waals surface area (Å²) in [7, 11) is 0. The Morgan fingerprint density at radius 2 is 2.21 bits per heavy atom. The molecule has 1 aliphatic carbocycles. The predicted molar refractivity (Wildman–Crippen MR) is 73.7 cm³/mol. The van der Waals surface area contributed by atoms with Crippen molar-refractivity contribution in [3.05, 3.63) is 29.8 Å². The molecule has 1 saturated carbocycles. The van der Waals surface area contributed by atoms with Gasteiger partial charge in [-0.25, -0.2) is 0 Å². The molecule has 1 aliphatic heterocycles. The molecule has 1 heterocycles. The lowest BCUT2D eigenvalue weighted by Gasteiger charge is -2.26. The van der Waals surface area contributed by atoms with Gasteiger partial charge in [0.25, 0.3) is 0 Å². The first-order valence-electron chi connectivity index (χ1n) is 7.12. The molecule has 2 aliphatic rings. The molecular weight excluding hydrogens is 240 g/mol. The molecular formula is C15H22N2O2. The first kappa shape index (κ1) is 12.9. The Labute approximate surface area is 114 Å². The Balaban J connectivity index is 1.77. The second-order valence-corrected chi connectivity index (χ2v) is 5.64. The highest BCUT2D eigenvalue weighted by Gasteiger charge is 2.32. The van der Waals surface area contributed by atoms with Crippen LogP contribution in [0.4, 0.5) is 0 Å². The van der Waals surface area contributed by atoms with Crippen molar-refractivity contribution in [2.75, 3.05) is 6.61 Å². The summed E-state index contributed by atoms with van der Waals surface area (Å²) in [6, 6.07) is 8.22. The number of hydrazine groups is 1. The van der Waals surface area contributed by atoms with Gasteiger partial charge < -0.3 is 9.47 Å². The maximum atomic E-state index is 5.84. The maximum absolute atomic E-state index is 5.84. The minimum absolute atomic E-state index is 0.0280. The summed E-state index contributed by atoms with van der Waals surface area (Å²) < 4.78 is 11.7. The van der Waals surface area contributed by atoms with Crippen molar-refractivity contribution in [3.63, 3.8) is 0 Å². The van der Waals surface area contributed by atoms with Crippen molar-refractivity contribution in [1.29, 1.82) is 0 Å². The minimum Gasteiger partial charge on any atom is -0.490 e. The van der Waals surface area contributed by atoms with Gasteiger partial charge in [0.05, 0.1) is 18.2 Å². The second kappa shape index (κ2) is 5.49. The maximum Gasteiger partial charge on any atom is 0.120 e. The van der Waals surface area contributed by atoms with Crippen LogP contribution in [-0.2, 0) is 4.74 Å². The Morgan fingerprint density at radius 1 is 1.37 bits per heavy atom. The fourth-order valence-corrected chi connectivity index (χ4v) is 2.68. The normalized spacial score (nSPS) is 28.3. The molecule has 104 valence electrons. The van der Waals surface area contributed by atoms with Crippen LogP contribution in [0.2, 0.25) is 0 Å². The molecule has 3 unspecified atom stereocenters. The number of rotatable bonds is 5. The van der Waals surface area contributed by atoms with E-state index in [1.165, 1.54) is 12.8 Å². The summed E-state index contributed by atoms with van der Waals surface area (Å²) in [5.74, 6) is 7.20. The van der Waals surface area contributed by atoms with Gasteiger partial charge in [0.1, 0.15) is 5.75 Å². The summed E-state index contributed by atoms with van der Waals surface area (Å²) in [5.41, 5.74) is 4.04. The topological polar surface area (TPSA) is 56.5 Å². The first-order valence-corrected chi connectivity index (χ1v) is 7.12. The molecule has 19 heavy (non-hydrogen) atoms. The van der Waals surface area contributed by atoms with E-state index in [-0.39, 0.29) is 12.1 Å². The predicted octanol–water partition coefficient (Wildman–Crippen LogP) is 2.16. The van der Waals surface area contributed by atoms with Crippen molar-refractivity contribution in [1.82, 2.24) is 5.43 Å². The fraction of sp³-hybridized carbons (Fsp3) is 0.600. The Kier molecular flexibility index (Phi) is 3.73. The number of benzene rings is 1. The molecule has 3 rings (SSSR count). The van der Waals surface area contributed by atoms with E-state index >= 15 is 0 Å². The van der Waals surface area contributed by atoms with Gasteiger partial charge in [-0.2, -0.15) is 0 Å². The smallest absolute Gasteiger partial charge is 0.120 e. The third kappa shape index (κ3) is 2.91. The van der Waals surface area contributed by atoms with Crippen LogP contribution in [0.5, 0.6) is 5.75 Å². The third-order valence-corrected chi connectivity index (χ3v) is 4.00. The lowest BCUT2D eigenvalue weighted by molar-refractivity contribution is 0.0606. The highest BCUT2D eigenvalue weighted by Crippen LogP contribution is 2.33. The van der Waals surface area contributed by atoms with E-state index in [0.29, 0.717) is 12.0 Å². The Bertz CT molecular complexity index is 434. The molecule has 4 nitrogen and oxygen atoms in total. The van der Waals surface area contributed by atoms with E-state index in [9.17, 15) is 0 Å². The number of nitrogens with one attached hydrogen (secondary N) is 1. The fourth-order valence-electron chi connectivity index (χ4n) is 2.68. The van der Waals surface area contributed by atoms with E-state index in [2.05, 4.69) is 24.5 Å². The highest BCUT2D eigenvalue weighted by molar-refractivity contribution is 5.32. The van der Waals surface area contributed by atoms with Crippen molar-refractivity contribution in [3.8, 4) is 5.75 Å². The molecule has 4 heteroatoms. The molecule has 0 bridgehead atoms. The summed E-state index contributed by atoms with van der Waals surface area (Å²) in [6.07, 6.45) is 4.00. The molecule has 0 aromatic heterocycles. The van der Waals surface area contributed by atoms with Crippen molar-refractivity contribution >= 4 is 0 Å². The van der Waals surface area contributed by atoms with Crippen LogP contribution in [0.25, 0.3) is 0 Å². The van der Waals surface area contributed by atoms with Crippen LogP contribution < -0.4 is 16.0 Å². The van der Waals surface area contributed by atoms with Crippen molar-refractivity contribution in [2.45, 2.75) is 44.4 Å². The molecule has 0 spiro atoms. The van der Waals surface area contributed by atoms with E-state index in [0.717, 1.165) is 24.3 Å². The molecule has 1 aromatic carbocycles. The molecule has 1 saturated heterocycles. The SMILES string of the molecule is CC1CCOC1C(NN)c1cccc(OC2CC2)c1. The zero-order chi connectivity index (χ0) is 13.2. The lowest BCUT2D eigenvalue weighted by atomic mass is 9.93. The largest absolute Gasteiger partial charge is 0.490 e. The molecule has 2 fully saturated rings. The molecule has 3 atom stereocenters. The van der Waals surface area contributed by atoms with Gasteiger partial charge in [-0.3, -0.25) is 11.3 Å². The Hall–Kier alpha value is -1.10. The zero-order valence-corrected chi connectivity index (χ0v) is 11.3. The van der Waals surface area contributed by atoms with Crippen molar-refractivity contribution in [2.24, 2.45) is 11.8 Å². The van der Waals surface area contributed by atoms with Crippen molar-refractivity contribution < 1.29 is 9.47 Å². The minimum atomic E-state index is 0.0280. The monoisotopic (exact) mass is 262 g/mol. The number of hydrogen-bond acceptors (Lipinski definition) is 4. The standard InChI is InChI=1S/C15H22N2O2/c1-10-7-8-18-15(10)14(17-16)11-3-2-4-13(9-11)19-12-5-6-12/h2-4,9-10,12,14-15,17H,5-8,16H2,1H3. The number of nitrogens with two attached hydrogens (primary N) is 1. The van der Waals surface area contributed by atoms with Crippen LogP contribution in [0.15, 0.2) is 24.3 Å². The summed E-state index contributed by atoms with van der Waals surface area (Å²) in [6.45, 7) is 3.04. The van der Waals surface area contributed by atoms with Crippen LogP contribution >= 0.6 is 0 Å². The van der Waals surface area contributed by atoms with E-state index in [1.54, 1.807) is 0 Å². The second-order valence-electron chi connectivity index (χ2n) is 5.64. The third-order valence-electron chi connectivity index (χ3n) is 4.00. The molecule has 3 N–H and O–H groups in total. The van der Waals surface area contributed by atoms with Gasteiger partial charge in [-0.1, -0.05) is 19.1 Å². The van der Waals surface area contributed by atoms with Gasteiger partial charge in [0, 0.05) is 6.61 Å². The van der Waals surface area contributed by atoms with Crippen LogP contribution in [0.1, 0.15) is 37.8 Å². The van der Waals surface area contributed by atoms with Gasteiger partial charge in [-0.05, 0) is 42.9 Å². The van der Waals surface area contributed by atoms with E-state index < -0.39 is 0 Å².